The van der Waals surface area contributed by atoms with Crippen molar-refractivity contribution in [1.29, 1.82) is 5.26 Å². The molecule has 0 fully saturated rings. The van der Waals surface area contributed by atoms with Gasteiger partial charge < -0.3 is 9.73 Å². The molecule has 104 valence electrons. The maximum absolute atomic E-state index is 11.1. The third kappa shape index (κ3) is 2.99. The molecule has 0 amide bonds. The number of aryl methyl sites for hydroxylation is 1. The molecule has 0 saturated heterocycles. The fourth-order valence-corrected chi connectivity index (χ4v) is 2.23. The van der Waals surface area contributed by atoms with Crippen LogP contribution >= 0.6 is 0 Å². The summed E-state index contributed by atoms with van der Waals surface area (Å²) in [6.45, 7) is 2.10. The first kappa shape index (κ1) is 14.1. The van der Waals surface area contributed by atoms with Crippen LogP contribution in [0.25, 0.3) is 0 Å². The lowest BCUT2D eigenvalue weighted by Crippen LogP contribution is -2.10. The minimum atomic E-state index is -3.83. The van der Waals surface area contributed by atoms with Crippen molar-refractivity contribution in [3.8, 4) is 6.07 Å². The number of sulfonamides is 1. The van der Waals surface area contributed by atoms with Gasteiger partial charge in [-0.1, -0.05) is 12.1 Å². The summed E-state index contributed by atoms with van der Waals surface area (Å²) in [5.74, 6) is 0.416. The van der Waals surface area contributed by atoms with Crippen LogP contribution in [0.3, 0.4) is 0 Å². The summed E-state index contributed by atoms with van der Waals surface area (Å²) >= 11 is 0. The number of nitriles is 1. The number of benzene rings is 1. The van der Waals surface area contributed by atoms with Gasteiger partial charge in [0.05, 0.1) is 17.8 Å². The smallest absolute Gasteiger partial charge is 0.271 e. The second kappa shape index (κ2) is 5.36. The van der Waals surface area contributed by atoms with Gasteiger partial charge in [-0.15, -0.1) is 0 Å². The topological polar surface area (TPSA) is 109 Å². The Morgan fingerprint density at radius 2 is 2.10 bits per heavy atom. The summed E-state index contributed by atoms with van der Waals surface area (Å²) in [6, 6.07) is 10.4. The summed E-state index contributed by atoms with van der Waals surface area (Å²) in [6.07, 6.45) is 0. The van der Waals surface area contributed by atoms with Crippen LogP contribution in [0, 0.1) is 18.3 Å². The number of primary sulfonamides is 1. The minimum absolute atomic E-state index is 0.258. The molecular formula is C13H13N3O3S. The van der Waals surface area contributed by atoms with Crippen LogP contribution in [-0.2, 0) is 16.6 Å². The molecule has 0 saturated carbocycles. The van der Waals surface area contributed by atoms with Crippen molar-refractivity contribution in [2.24, 2.45) is 5.14 Å². The minimum Gasteiger partial charge on any atom is -0.446 e. The van der Waals surface area contributed by atoms with Gasteiger partial charge in [0.2, 0.25) is 5.09 Å². The maximum Gasteiger partial charge on any atom is 0.271 e. The molecule has 2 rings (SSSR count). The largest absolute Gasteiger partial charge is 0.446 e. The van der Waals surface area contributed by atoms with E-state index in [1.165, 1.54) is 12.1 Å². The highest BCUT2D eigenvalue weighted by atomic mass is 32.2. The maximum atomic E-state index is 11.1. The molecule has 6 nitrogen and oxygen atoms in total. The van der Waals surface area contributed by atoms with Crippen molar-refractivity contribution < 1.29 is 12.8 Å². The lowest BCUT2D eigenvalue weighted by Gasteiger charge is -2.08. The van der Waals surface area contributed by atoms with E-state index in [4.69, 9.17) is 14.8 Å². The van der Waals surface area contributed by atoms with E-state index in [1.54, 1.807) is 6.07 Å². The lowest BCUT2D eigenvalue weighted by atomic mass is 10.1. The summed E-state index contributed by atoms with van der Waals surface area (Å²) in [7, 11) is -3.83. The van der Waals surface area contributed by atoms with E-state index >= 15 is 0 Å². The Bertz CT molecular complexity index is 772. The Morgan fingerprint density at radius 3 is 2.70 bits per heavy atom. The van der Waals surface area contributed by atoms with Gasteiger partial charge in [-0.2, -0.15) is 5.26 Å². The van der Waals surface area contributed by atoms with Crippen molar-refractivity contribution in [1.82, 2.24) is 0 Å². The van der Waals surface area contributed by atoms with Crippen molar-refractivity contribution in [2.45, 2.75) is 18.6 Å². The van der Waals surface area contributed by atoms with Crippen molar-refractivity contribution in [3.05, 3.63) is 47.2 Å². The Morgan fingerprint density at radius 1 is 1.35 bits per heavy atom. The normalized spacial score (nSPS) is 11.1. The molecule has 20 heavy (non-hydrogen) atoms. The quantitative estimate of drug-likeness (QED) is 0.891. The van der Waals surface area contributed by atoms with Gasteiger partial charge in [-0.05, 0) is 30.7 Å². The zero-order valence-electron chi connectivity index (χ0n) is 10.8. The fraction of sp³-hybridized carbons (Fsp3) is 0.154. The van der Waals surface area contributed by atoms with E-state index in [1.807, 2.05) is 19.1 Å². The van der Waals surface area contributed by atoms with E-state index in [0.29, 0.717) is 17.0 Å². The third-order valence-corrected chi connectivity index (χ3v) is 3.54. The SMILES string of the molecule is Cc1cccc(NCc2ccc(S(N)(=O)=O)o2)c1C#N. The number of nitrogens with zero attached hydrogens (tertiary/aromatic N) is 1. The molecule has 0 atom stereocenters. The van der Waals surface area contributed by atoms with Crippen LogP contribution in [0.15, 0.2) is 39.8 Å². The first-order valence-electron chi connectivity index (χ1n) is 5.77. The number of nitrogens with two attached hydrogens (primary N) is 1. The van der Waals surface area contributed by atoms with Crippen LogP contribution in [0.1, 0.15) is 16.9 Å². The Labute approximate surface area is 116 Å². The molecule has 1 aromatic heterocycles. The Kier molecular flexibility index (Phi) is 3.79. The summed E-state index contributed by atoms with van der Waals surface area (Å²) in [4.78, 5) is 0. The second-order valence-corrected chi connectivity index (χ2v) is 5.72. The molecule has 0 aliphatic rings. The number of nitrogens with one attached hydrogen (secondary N) is 1. The average Bonchev–Trinajstić information content (AvgIpc) is 2.85. The summed E-state index contributed by atoms with van der Waals surface area (Å²) in [5.41, 5.74) is 2.08. The standard InChI is InChI=1S/C13H13N3O3S/c1-9-3-2-4-12(11(9)7-14)16-8-10-5-6-13(19-10)20(15,17)18/h2-6,16H,8H2,1H3,(H2,15,17,18). The first-order chi connectivity index (χ1) is 9.41. The number of rotatable bonds is 4. The highest BCUT2D eigenvalue weighted by molar-refractivity contribution is 7.89. The zero-order valence-corrected chi connectivity index (χ0v) is 11.6. The number of anilines is 1. The molecule has 2 aromatic rings. The highest BCUT2D eigenvalue weighted by Gasteiger charge is 2.13. The molecule has 7 heteroatoms. The monoisotopic (exact) mass is 291 g/mol. The van der Waals surface area contributed by atoms with Crippen molar-refractivity contribution >= 4 is 15.7 Å². The van der Waals surface area contributed by atoms with E-state index in [0.717, 1.165) is 5.56 Å². The molecule has 3 N–H and O–H groups in total. The van der Waals surface area contributed by atoms with E-state index in [2.05, 4.69) is 11.4 Å². The highest BCUT2D eigenvalue weighted by Crippen LogP contribution is 2.20. The molecule has 1 heterocycles. The number of hydrogen-bond donors (Lipinski definition) is 2. The van der Waals surface area contributed by atoms with Gasteiger partial charge in [0.15, 0.2) is 0 Å². The van der Waals surface area contributed by atoms with Crippen LogP contribution in [0.2, 0.25) is 0 Å². The number of hydrogen-bond acceptors (Lipinski definition) is 5. The zero-order chi connectivity index (χ0) is 14.8. The van der Waals surface area contributed by atoms with Gasteiger partial charge in [0.25, 0.3) is 10.0 Å². The summed E-state index contributed by atoms with van der Waals surface area (Å²) in [5, 5.41) is 16.8. The Balaban J connectivity index is 2.16. The first-order valence-corrected chi connectivity index (χ1v) is 7.31. The van der Waals surface area contributed by atoms with Crippen molar-refractivity contribution in [2.75, 3.05) is 5.32 Å². The lowest BCUT2D eigenvalue weighted by molar-refractivity contribution is 0.419. The van der Waals surface area contributed by atoms with Crippen LogP contribution < -0.4 is 10.5 Å². The molecule has 0 spiro atoms. The summed E-state index contributed by atoms with van der Waals surface area (Å²) < 4.78 is 27.3. The van der Waals surface area contributed by atoms with Gasteiger partial charge in [-0.25, -0.2) is 13.6 Å². The Hall–Kier alpha value is -2.30. The molecule has 0 unspecified atom stereocenters. The van der Waals surface area contributed by atoms with Crippen LogP contribution in [0.4, 0.5) is 5.69 Å². The van der Waals surface area contributed by atoms with Gasteiger partial charge in [0, 0.05) is 0 Å². The third-order valence-electron chi connectivity index (χ3n) is 2.76. The van der Waals surface area contributed by atoms with Crippen LogP contribution in [0.5, 0.6) is 0 Å². The van der Waals surface area contributed by atoms with E-state index < -0.39 is 10.0 Å². The van der Waals surface area contributed by atoms with Gasteiger partial charge in [-0.3, -0.25) is 0 Å². The predicted molar refractivity (Wildman–Crippen MR) is 73.3 cm³/mol. The van der Waals surface area contributed by atoms with Gasteiger partial charge in [0.1, 0.15) is 11.8 Å². The van der Waals surface area contributed by atoms with Crippen LogP contribution in [-0.4, -0.2) is 8.42 Å². The van der Waals surface area contributed by atoms with Gasteiger partial charge >= 0.3 is 0 Å². The predicted octanol–water partition coefficient (Wildman–Crippen LogP) is 1.72. The molecule has 1 aromatic carbocycles. The van der Waals surface area contributed by atoms with Crippen molar-refractivity contribution in [3.63, 3.8) is 0 Å². The van der Waals surface area contributed by atoms with E-state index in [9.17, 15) is 8.42 Å². The molecule has 0 aliphatic carbocycles. The fourth-order valence-electron chi connectivity index (χ4n) is 1.75. The second-order valence-electron chi connectivity index (χ2n) is 4.23. The molecule has 0 radical (unpaired) electrons. The number of furan rings is 1. The van der Waals surface area contributed by atoms with E-state index in [-0.39, 0.29) is 11.6 Å². The molecule has 0 aliphatic heterocycles. The average molecular weight is 291 g/mol. The molecular weight excluding hydrogens is 278 g/mol. The molecule has 0 bridgehead atoms.